The van der Waals surface area contributed by atoms with Crippen LogP contribution in [0.5, 0.6) is 0 Å². The van der Waals surface area contributed by atoms with Gasteiger partial charge in [-0.15, -0.1) is 0 Å². The number of likely N-dealkylation sites (N-methyl/N-ethyl adjacent to an activating group) is 1. The van der Waals surface area contributed by atoms with Gasteiger partial charge in [-0.25, -0.2) is 0 Å². The van der Waals surface area contributed by atoms with E-state index in [-0.39, 0.29) is 12.6 Å². The molecular weight excluding hydrogens is 306 g/mol. The first-order chi connectivity index (χ1) is 11.5. The van der Waals surface area contributed by atoms with Crippen molar-refractivity contribution in [3.63, 3.8) is 0 Å². The smallest absolute Gasteiger partial charge is 0.317 e. The summed E-state index contributed by atoms with van der Waals surface area (Å²) in [6.45, 7) is 4.97. The standard InChI is InChI=1S/C18H27N3O3/c1-19-9-11-21(12-10-19)16-13-20(14-17(22)23)8-7-18(16,24)15-5-3-2-4-6-15/h2-6,16,24H,7-14H2,1H3,(H,22,23)/t16-,18+/m1/s1. The van der Waals surface area contributed by atoms with E-state index < -0.39 is 11.6 Å². The minimum atomic E-state index is -0.924. The number of hydrogen-bond donors (Lipinski definition) is 2. The number of aliphatic hydroxyl groups is 1. The first kappa shape index (κ1) is 17.4. The number of rotatable bonds is 4. The van der Waals surface area contributed by atoms with Crippen molar-refractivity contribution in [2.45, 2.75) is 18.1 Å². The summed E-state index contributed by atoms with van der Waals surface area (Å²) < 4.78 is 0. The molecule has 0 radical (unpaired) electrons. The highest BCUT2D eigenvalue weighted by Crippen LogP contribution is 2.36. The second-order valence-electron chi connectivity index (χ2n) is 7.02. The Labute approximate surface area is 143 Å². The van der Waals surface area contributed by atoms with Crippen LogP contribution < -0.4 is 0 Å². The summed E-state index contributed by atoms with van der Waals surface area (Å²) >= 11 is 0. The summed E-state index contributed by atoms with van der Waals surface area (Å²) in [5.74, 6) is -0.808. The molecule has 2 atom stereocenters. The second-order valence-corrected chi connectivity index (χ2v) is 7.02. The van der Waals surface area contributed by atoms with Crippen LogP contribution in [0.3, 0.4) is 0 Å². The van der Waals surface area contributed by atoms with Gasteiger partial charge in [-0.1, -0.05) is 30.3 Å². The second kappa shape index (κ2) is 7.19. The van der Waals surface area contributed by atoms with Crippen molar-refractivity contribution < 1.29 is 15.0 Å². The molecule has 2 saturated heterocycles. The van der Waals surface area contributed by atoms with Crippen LogP contribution in [0.1, 0.15) is 12.0 Å². The van der Waals surface area contributed by atoms with Crippen molar-refractivity contribution in [3.8, 4) is 0 Å². The maximum absolute atomic E-state index is 11.5. The van der Waals surface area contributed by atoms with Gasteiger partial charge < -0.3 is 15.1 Å². The number of carboxylic acid groups (broad SMARTS) is 1. The molecule has 2 aliphatic heterocycles. The fraction of sp³-hybridized carbons (Fsp3) is 0.611. The van der Waals surface area contributed by atoms with Crippen LogP contribution in [0.15, 0.2) is 30.3 Å². The lowest BCUT2D eigenvalue weighted by Gasteiger charge is -2.51. The quantitative estimate of drug-likeness (QED) is 0.825. The number of aliphatic carboxylic acids is 1. The third-order valence-electron chi connectivity index (χ3n) is 5.40. The van der Waals surface area contributed by atoms with E-state index in [9.17, 15) is 9.90 Å². The summed E-state index contributed by atoms with van der Waals surface area (Å²) in [6.07, 6.45) is 0.557. The molecule has 2 N–H and O–H groups in total. The van der Waals surface area contributed by atoms with Crippen LogP contribution in [-0.4, -0.2) is 89.8 Å². The first-order valence-corrected chi connectivity index (χ1v) is 8.64. The Morgan fingerprint density at radius 1 is 1.17 bits per heavy atom. The largest absolute Gasteiger partial charge is 0.480 e. The van der Waals surface area contributed by atoms with E-state index in [0.717, 1.165) is 31.7 Å². The number of piperidine rings is 1. The van der Waals surface area contributed by atoms with Crippen molar-refractivity contribution in [1.82, 2.24) is 14.7 Å². The van der Waals surface area contributed by atoms with Crippen LogP contribution in [0, 0.1) is 0 Å². The van der Waals surface area contributed by atoms with Crippen LogP contribution in [0.2, 0.25) is 0 Å². The molecule has 24 heavy (non-hydrogen) atoms. The predicted molar refractivity (Wildman–Crippen MR) is 91.9 cm³/mol. The van der Waals surface area contributed by atoms with Crippen molar-refractivity contribution in [2.75, 3.05) is 52.9 Å². The van der Waals surface area contributed by atoms with E-state index in [0.29, 0.717) is 19.5 Å². The Morgan fingerprint density at radius 3 is 2.46 bits per heavy atom. The van der Waals surface area contributed by atoms with Gasteiger partial charge in [-0.3, -0.25) is 14.6 Å². The summed E-state index contributed by atoms with van der Waals surface area (Å²) in [4.78, 5) is 17.7. The van der Waals surface area contributed by atoms with E-state index >= 15 is 0 Å². The average Bonchev–Trinajstić information content (AvgIpc) is 2.58. The number of piperazine rings is 1. The van der Waals surface area contributed by atoms with Gasteiger partial charge in [0.2, 0.25) is 0 Å². The first-order valence-electron chi connectivity index (χ1n) is 8.64. The number of nitrogens with zero attached hydrogens (tertiary/aromatic N) is 3. The Balaban J connectivity index is 1.84. The Morgan fingerprint density at radius 2 is 1.83 bits per heavy atom. The molecule has 1 aromatic rings. The minimum Gasteiger partial charge on any atom is -0.480 e. The van der Waals surface area contributed by atoms with Crippen LogP contribution in [-0.2, 0) is 10.4 Å². The number of carbonyl (C=O) groups is 1. The van der Waals surface area contributed by atoms with E-state index in [1.807, 2.05) is 35.2 Å². The Kier molecular flexibility index (Phi) is 5.20. The van der Waals surface area contributed by atoms with Crippen LogP contribution in [0.4, 0.5) is 0 Å². The van der Waals surface area contributed by atoms with Crippen LogP contribution >= 0.6 is 0 Å². The number of benzene rings is 1. The highest BCUT2D eigenvalue weighted by molar-refractivity contribution is 5.69. The fourth-order valence-electron chi connectivity index (χ4n) is 3.93. The molecule has 132 valence electrons. The maximum atomic E-state index is 11.5. The summed E-state index contributed by atoms with van der Waals surface area (Å²) in [6, 6.07) is 9.75. The SMILES string of the molecule is CN1CCN([C@@H]2CN(CC(=O)O)CC[C@]2(O)c2ccccc2)CC1. The minimum absolute atomic E-state index is 0.0368. The summed E-state index contributed by atoms with van der Waals surface area (Å²) in [5.41, 5.74) is 0.00974. The molecule has 2 aliphatic rings. The van der Waals surface area contributed by atoms with Gasteiger partial charge in [0.25, 0.3) is 0 Å². The molecule has 0 unspecified atom stereocenters. The van der Waals surface area contributed by atoms with Gasteiger partial charge in [0.1, 0.15) is 5.60 Å². The zero-order valence-corrected chi connectivity index (χ0v) is 14.3. The molecule has 2 fully saturated rings. The third-order valence-corrected chi connectivity index (χ3v) is 5.40. The number of hydrogen-bond acceptors (Lipinski definition) is 5. The molecule has 6 heteroatoms. The van der Waals surface area contributed by atoms with Gasteiger partial charge >= 0.3 is 5.97 Å². The van der Waals surface area contributed by atoms with Crippen LogP contribution in [0.25, 0.3) is 0 Å². The molecule has 0 saturated carbocycles. The maximum Gasteiger partial charge on any atom is 0.317 e. The lowest BCUT2D eigenvalue weighted by Crippen LogP contribution is -2.64. The molecule has 3 rings (SSSR count). The molecule has 2 heterocycles. The number of likely N-dealkylation sites (tertiary alicyclic amines) is 1. The molecule has 0 aliphatic carbocycles. The van der Waals surface area contributed by atoms with Gasteiger partial charge in [0.15, 0.2) is 0 Å². The predicted octanol–water partition coefficient (Wildman–Crippen LogP) is 0.281. The molecule has 6 nitrogen and oxygen atoms in total. The van der Waals surface area contributed by atoms with Crippen molar-refractivity contribution in [1.29, 1.82) is 0 Å². The topological polar surface area (TPSA) is 67.2 Å². The highest BCUT2D eigenvalue weighted by Gasteiger charge is 2.46. The van der Waals surface area contributed by atoms with E-state index in [1.54, 1.807) is 0 Å². The Bertz CT molecular complexity index is 560. The molecule has 0 aromatic heterocycles. The summed E-state index contributed by atoms with van der Waals surface area (Å²) in [5, 5.41) is 20.7. The number of carboxylic acids is 1. The van der Waals surface area contributed by atoms with Gasteiger partial charge in [-0.2, -0.15) is 0 Å². The van der Waals surface area contributed by atoms with E-state index in [4.69, 9.17) is 5.11 Å². The molecule has 1 aromatic carbocycles. The van der Waals surface area contributed by atoms with E-state index in [2.05, 4.69) is 16.8 Å². The van der Waals surface area contributed by atoms with Crippen molar-refractivity contribution >= 4 is 5.97 Å². The molecule has 0 spiro atoms. The Hall–Kier alpha value is -1.47. The average molecular weight is 333 g/mol. The summed E-state index contributed by atoms with van der Waals surface area (Å²) in [7, 11) is 2.11. The molecule has 0 bridgehead atoms. The lowest BCUT2D eigenvalue weighted by molar-refractivity contribution is -0.143. The van der Waals surface area contributed by atoms with Gasteiger partial charge in [-0.05, 0) is 19.0 Å². The zero-order chi connectivity index (χ0) is 17.2. The lowest BCUT2D eigenvalue weighted by atomic mass is 9.79. The van der Waals surface area contributed by atoms with Gasteiger partial charge in [0, 0.05) is 39.3 Å². The highest BCUT2D eigenvalue weighted by atomic mass is 16.4. The third kappa shape index (κ3) is 3.62. The normalized spacial score (nSPS) is 30.3. The van der Waals surface area contributed by atoms with Crippen molar-refractivity contribution in [2.24, 2.45) is 0 Å². The monoisotopic (exact) mass is 333 g/mol. The fourth-order valence-corrected chi connectivity index (χ4v) is 3.93. The van der Waals surface area contributed by atoms with Gasteiger partial charge in [0.05, 0.1) is 12.6 Å². The van der Waals surface area contributed by atoms with Crippen molar-refractivity contribution in [3.05, 3.63) is 35.9 Å². The van der Waals surface area contributed by atoms with E-state index in [1.165, 1.54) is 0 Å². The zero-order valence-electron chi connectivity index (χ0n) is 14.3. The molecular formula is C18H27N3O3. The molecule has 0 amide bonds.